The van der Waals surface area contributed by atoms with Crippen LogP contribution in [-0.4, -0.2) is 32.5 Å². The molecule has 140 valence electrons. The van der Waals surface area contributed by atoms with Crippen LogP contribution >= 0.6 is 0 Å². The number of nitrogens with zero attached hydrogens (tertiary/aromatic N) is 3. The van der Waals surface area contributed by atoms with E-state index in [9.17, 15) is 9.59 Å². The Morgan fingerprint density at radius 1 is 1.00 bits per heavy atom. The zero-order valence-corrected chi connectivity index (χ0v) is 15.3. The van der Waals surface area contributed by atoms with Gasteiger partial charge in [0.1, 0.15) is 6.04 Å². The fourth-order valence-electron chi connectivity index (χ4n) is 4.05. The van der Waals surface area contributed by atoms with E-state index in [2.05, 4.69) is 10.4 Å². The monoisotopic (exact) mass is 372 g/mol. The van der Waals surface area contributed by atoms with Gasteiger partial charge in [0.05, 0.1) is 13.1 Å². The normalized spacial score (nSPS) is 18.4. The van der Waals surface area contributed by atoms with Gasteiger partial charge in [0, 0.05) is 17.4 Å². The maximum absolute atomic E-state index is 13.0. The Morgan fingerprint density at radius 3 is 2.61 bits per heavy atom. The van der Waals surface area contributed by atoms with Crippen molar-refractivity contribution in [2.75, 3.05) is 5.32 Å². The summed E-state index contributed by atoms with van der Waals surface area (Å²) in [4.78, 5) is 27.4. The Balaban J connectivity index is 1.34. The first kappa shape index (κ1) is 16.7. The van der Waals surface area contributed by atoms with Gasteiger partial charge in [-0.15, -0.1) is 0 Å². The molecule has 2 aliphatic heterocycles. The molecule has 2 aromatic carbocycles. The molecule has 0 fully saturated rings. The van der Waals surface area contributed by atoms with Gasteiger partial charge in [-0.1, -0.05) is 48.5 Å². The average molecular weight is 372 g/mol. The predicted octanol–water partition coefficient (Wildman–Crippen LogP) is 2.84. The van der Waals surface area contributed by atoms with Crippen molar-refractivity contribution in [3.05, 3.63) is 83.2 Å². The molecule has 0 aliphatic carbocycles. The lowest BCUT2D eigenvalue weighted by atomic mass is 10.1. The van der Waals surface area contributed by atoms with Gasteiger partial charge in [0.15, 0.2) is 5.69 Å². The first-order valence-electron chi connectivity index (χ1n) is 9.49. The summed E-state index contributed by atoms with van der Waals surface area (Å²) < 4.78 is 1.80. The molecule has 1 atom stereocenters. The van der Waals surface area contributed by atoms with Crippen molar-refractivity contribution in [2.24, 2.45) is 0 Å². The topological polar surface area (TPSA) is 67.2 Å². The summed E-state index contributed by atoms with van der Waals surface area (Å²) in [6.07, 6.45) is 3.29. The maximum Gasteiger partial charge on any atom is 0.275 e. The lowest BCUT2D eigenvalue weighted by Gasteiger charge is -2.25. The Kier molecular flexibility index (Phi) is 3.97. The van der Waals surface area contributed by atoms with E-state index in [0.29, 0.717) is 25.2 Å². The van der Waals surface area contributed by atoms with Crippen molar-refractivity contribution in [3.63, 3.8) is 0 Å². The number of carbonyl (C=O) groups is 2. The van der Waals surface area contributed by atoms with Crippen LogP contribution in [-0.2, 0) is 24.3 Å². The van der Waals surface area contributed by atoms with Crippen LogP contribution in [0.25, 0.3) is 0 Å². The molecule has 0 radical (unpaired) electrons. The van der Waals surface area contributed by atoms with Crippen LogP contribution in [0.5, 0.6) is 0 Å². The highest BCUT2D eigenvalue weighted by atomic mass is 16.2. The molecule has 6 heteroatoms. The van der Waals surface area contributed by atoms with Gasteiger partial charge in [0.2, 0.25) is 5.91 Å². The molecule has 6 nitrogen and oxygen atoms in total. The van der Waals surface area contributed by atoms with Gasteiger partial charge < -0.3 is 10.2 Å². The third kappa shape index (κ3) is 2.87. The molecule has 1 aromatic heterocycles. The third-order valence-electron chi connectivity index (χ3n) is 5.47. The zero-order valence-electron chi connectivity index (χ0n) is 15.3. The number of benzene rings is 2. The average Bonchev–Trinajstić information content (AvgIpc) is 3.17. The number of para-hydroxylation sites is 1. The Bertz CT molecular complexity index is 1060. The quantitative estimate of drug-likeness (QED) is 0.769. The summed E-state index contributed by atoms with van der Waals surface area (Å²) in [5.74, 6) is -0.284. The summed E-state index contributed by atoms with van der Waals surface area (Å²) >= 11 is 0. The summed E-state index contributed by atoms with van der Waals surface area (Å²) in [7, 11) is 0. The van der Waals surface area contributed by atoms with Crippen LogP contribution in [0, 0.1) is 0 Å². The molecule has 0 spiro atoms. The van der Waals surface area contributed by atoms with E-state index in [1.54, 1.807) is 9.58 Å². The second-order valence-electron chi connectivity index (χ2n) is 7.32. The van der Waals surface area contributed by atoms with Crippen molar-refractivity contribution >= 4 is 17.5 Å². The number of fused-ring (bicyclic) bond motifs is 2. The Hall–Kier alpha value is -3.41. The standard InChI is InChI=1S/C22H20N4O2/c27-21-19(11-10-16-8-4-5-9-18(16)23-21)26-14-17-13-25(24-20(17)22(26)28)12-15-6-2-1-3-7-15/h1-9,13,19H,10-12,14H2,(H,23,27). The van der Waals surface area contributed by atoms with E-state index in [0.717, 1.165) is 28.8 Å². The van der Waals surface area contributed by atoms with Gasteiger partial charge in [0.25, 0.3) is 5.91 Å². The molecule has 2 aliphatic rings. The molecule has 3 aromatic rings. The molecular weight excluding hydrogens is 352 g/mol. The number of carbonyl (C=O) groups excluding carboxylic acids is 2. The molecule has 0 bridgehead atoms. The van der Waals surface area contributed by atoms with Crippen molar-refractivity contribution < 1.29 is 9.59 Å². The fourth-order valence-corrected chi connectivity index (χ4v) is 4.05. The minimum absolute atomic E-state index is 0.124. The van der Waals surface area contributed by atoms with Crippen LogP contribution in [0.4, 0.5) is 5.69 Å². The maximum atomic E-state index is 13.0. The van der Waals surface area contributed by atoms with Crippen LogP contribution < -0.4 is 5.32 Å². The van der Waals surface area contributed by atoms with Crippen molar-refractivity contribution in [3.8, 4) is 0 Å². The number of anilines is 1. The molecule has 0 saturated carbocycles. The summed E-state index contributed by atoms with van der Waals surface area (Å²) in [6, 6.07) is 17.4. The van der Waals surface area contributed by atoms with Crippen molar-refractivity contribution in [1.82, 2.24) is 14.7 Å². The van der Waals surface area contributed by atoms with Gasteiger partial charge in [-0.3, -0.25) is 14.3 Å². The number of rotatable bonds is 3. The van der Waals surface area contributed by atoms with Crippen LogP contribution in [0.1, 0.15) is 33.6 Å². The summed E-state index contributed by atoms with van der Waals surface area (Å²) in [6.45, 7) is 1.05. The Labute approximate surface area is 162 Å². The predicted molar refractivity (Wildman–Crippen MR) is 105 cm³/mol. The highest BCUT2D eigenvalue weighted by Crippen LogP contribution is 2.29. The first-order chi connectivity index (χ1) is 13.7. The fraction of sp³-hybridized carbons (Fsp3) is 0.227. The Morgan fingerprint density at radius 2 is 1.79 bits per heavy atom. The molecule has 2 amide bonds. The van der Waals surface area contributed by atoms with Crippen LogP contribution in [0.2, 0.25) is 0 Å². The second-order valence-corrected chi connectivity index (χ2v) is 7.32. The molecule has 28 heavy (non-hydrogen) atoms. The second kappa shape index (κ2) is 6.64. The minimum Gasteiger partial charge on any atom is -0.324 e. The van der Waals surface area contributed by atoms with Gasteiger partial charge in [-0.25, -0.2) is 0 Å². The SMILES string of the molecule is O=C1Nc2ccccc2CCC1N1Cc2cn(Cc3ccccc3)nc2C1=O. The van der Waals surface area contributed by atoms with E-state index in [1.807, 2.05) is 60.8 Å². The zero-order chi connectivity index (χ0) is 19.1. The van der Waals surface area contributed by atoms with Crippen molar-refractivity contribution in [2.45, 2.75) is 32.0 Å². The molecule has 1 N–H and O–H groups in total. The highest BCUT2D eigenvalue weighted by Gasteiger charge is 2.39. The van der Waals surface area contributed by atoms with Gasteiger partial charge >= 0.3 is 0 Å². The number of hydrogen-bond acceptors (Lipinski definition) is 3. The van der Waals surface area contributed by atoms with Crippen LogP contribution in [0.15, 0.2) is 60.8 Å². The smallest absolute Gasteiger partial charge is 0.275 e. The van der Waals surface area contributed by atoms with E-state index in [1.165, 1.54) is 0 Å². The van der Waals surface area contributed by atoms with Crippen molar-refractivity contribution in [1.29, 1.82) is 0 Å². The molecule has 3 heterocycles. The number of amides is 2. The third-order valence-corrected chi connectivity index (χ3v) is 5.47. The number of aryl methyl sites for hydroxylation is 1. The number of aromatic nitrogens is 2. The van der Waals surface area contributed by atoms with Gasteiger partial charge in [-0.2, -0.15) is 5.10 Å². The minimum atomic E-state index is -0.475. The summed E-state index contributed by atoms with van der Waals surface area (Å²) in [5.41, 5.74) is 4.43. The molecule has 5 rings (SSSR count). The lowest BCUT2D eigenvalue weighted by molar-refractivity contribution is -0.120. The van der Waals surface area contributed by atoms with E-state index < -0.39 is 6.04 Å². The van der Waals surface area contributed by atoms with E-state index >= 15 is 0 Å². The molecule has 1 unspecified atom stereocenters. The van der Waals surface area contributed by atoms with E-state index in [-0.39, 0.29) is 11.8 Å². The molecular formula is C22H20N4O2. The summed E-state index contributed by atoms with van der Waals surface area (Å²) in [5, 5.41) is 7.47. The number of hydrogen-bond donors (Lipinski definition) is 1. The van der Waals surface area contributed by atoms with E-state index in [4.69, 9.17) is 0 Å². The highest BCUT2D eigenvalue weighted by molar-refractivity contribution is 6.03. The largest absolute Gasteiger partial charge is 0.324 e. The lowest BCUT2D eigenvalue weighted by Crippen LogP contribution is -2.44. The van der Waals surface area contributed by atoms with Gasteiger partial charge in [-0.05, 0) is 30.0 Å². The molecule has 0 saturated heterocycles. The van der Waals surface area contributed by atoms with Crippen LogP contribution in [0.3, 0.4) is 0 Å². The first-order valence-corrected chi connectivity index (χ1v) is 9.49. The number of nitrogens with one attached hydrogen (secondary N) is 1.